The van der Waals surface area contributed by atoms with Gasteiger partial charge in [0.05, 0.1) is 5.69 Å². The molecule has 0 bridgehead atoms. The van der Waals surface area contributed by atoms with Gasteiger partial charge in [0.15, 0.2) is 0 Å². The summed E-state index contributed by atoms with van der Waals surface area (Å²) in [5.41, 5.74) is 4.75. The number of halogens is 1. The second-order valence-corrected chi connectivity index (χ2v) is 4.87. The summed E-state index contributed by atoms with van der Waals surface area (Å²) < 4.78 is 2.19. The van der Waals surface area contributed by atoms with Crippen LogP contribution in [0.1, 0.15) is 5.56 Å². The van der Waals surface area contributed by atoms with Crippen molar-refractivity contribution in [3.05, 3.63) is 53.3 Å². The average molecular weight is 257 g/mol. The second kappa shape index (κ2) is 4.14. The maximum absolute atomic E-state index is 6.08. The van der Waals surface area contributed by atoms with E-state index in [-0.39, 0.29) is 0 Å². The minimum atomic E-state index is 0.772. The zero-order valence-electron chi connectivity index (χ0n) is 10.3. The summed E-state index contributed by atoms with van der Waals surface area (Å²) in [5, 5.41) is 1.97. The van der Waals surface area contributed by atoms with Gasteiger partial charge in [-0.3, -0.25) is 4.98 Å². The maximum Gasteiger partial charge on any atom is 0.0533 e. The standard InChI is InChI=1S/C15H13ClN2/c1-10-13-8-12(16)5-6-14(13)18(2)15(10)11-4-3-7-17-9-11/h3-9H,1-2H3. The number of fused-ring (bicyclic) bond motifs is 1. The monoisotopic (exact) mass is 256 g/mol. The first-order chi connectivity index (χ1) is 8.68. The zero-order valence-corrected chi connectivity index (χ0v) is 11.1. The van der Waals surface area contributed by atoms with E-state index in [0.717, 1.165) is 10.6 Å². The van der Waals surface area contributed by atoms with Crippen molar-refractivity contribution in [2.45, 2.75) is 6.92 Å². The predicted octanol–water partition coefficient (Wildman–Crippen LogP) is 4.20. The Hall–Kier alpha value is -1.80. The van der Waals surface area contributed by atoms with Gasteiger partial charge in [0, 0.05) is 40.9 Å². The molecule has 0 fully saturated rings. The summed E-state index contributed by atoms with van der Waals surface area (Å²) in [6.07, 6.45) is 3.68. The number of hydrogen-bond acceptors (Lipinski definition) is 1. The SMILES string of the molecule is Cc1c(-c2cccnc2)n(C)c2ccc(Cl)cc12. The minimum Gasteiger partial charge on any atom is -0.343 e. The third-order valence-electron chi connectivity index (χ3n) is 3.35. The highest BCUT2D eigenvalue weighted by atomic mass is 35.5. The third kappa shape index (κ3) is 1.61. The highest BCUT2D eigenvalue weighted by Crippen LogP contribution is 2.33. The van der Waals surface area contributed by atoms with Crippen LogP contribution in [0.15, 0.2) is 42.7 Å². The molecule has 0 aliphatic heterocycles. The molecule has 18 heavy (non-hydrogen) atoms. The molecule has 0 radical (unpaired) electrons. The van der Waals surface area contributed by atoms with Crippen LogP contribution in [0.25, 0.3) is 22.2 Å². The lowest BCUT2D eigenvalue weighted by atomic mass is 10.1. The molecule has 0 spiro atoms. The molecule has 0 saturated heterocycles. The number of hydrogen-bond donors (Lipinski definition) is 0. The first-order valence-corrected chi connectivity index (χ1v) is 6.21. The molecule has 1 aromatic carbocycles. The molecule has 3 rings (SSSR count). The normalized spacial score (nSPS) is 11.1. The Bertz CT molecular complexity index is 714. The van der Waals surface area contributed by atoms with E-state index in [9.17, 15) is 0 Å². The Morgan fingerprint density at radius 1 is 1.22 bits per heavy atom. The van der Waals surface area contributed by atoms with E-state index in [2.05, 4.69) is 35.7 Å². The molecule has 0 amide bonds. The first-order valence-electron chi connectivity index (χ1n) is 5.83. The van der Waals surface area contributed by atoms with Crippen LogP contribution >= 0.6 is 11.6 Å². The second-order valence-electron chi connectivity index (χ2n) is 4.44. The smallest absolute Gasteiger partial charge is 0.0533 e. The number of aryl methyl sites for hydroxylation is 2. The van der Waals surface area contributed by atoms with Crippen molar-refractivity contribution in [3.63, 3.8) is 0 Å². The van der Waals surface area contributed by atoms with Gasteiger partial charge < -0.3 is 4.57 Å². The van der Waals surface area contributed by atoms with Crippen LogP contribution in [0, 0.1) is 6.92 Å². The molecule has 90 valence electrons. The quantitative estimate of drug-likeness (QED) is 0.638. The Kier molecular flexibility index (Phi) is 2.60. The molecule has 3 heteroatoms. The van der Waals surface area contributed by atoms with Gasteiger partial charge in [0.2, 0.25) is 0 Å². The van der Waals surface area contributed by atoms with Crippen LogP contribution in [-0.2, 0) is 7.05 Å². The van der Waals surface area contributed by atoms with Crippen LogP contribution in [0.4, 0.5) is 0 Å². The summed E-state index contributed by atoms with van der Waals surface area (Å²) in [4.78, 5) is 4.19. The number of nitrogens with zero attached hydrogens (tertiary/aromatic N) is 2. The zero-order chi connectivity index (χ0) is 12.7. The molecule has 3 aromatic rings. The Morgan fingerprint density at radius 3 is 2.78 bits per heavy atom. The van der Waals surface area contributed by atoms with Crippen molar-refractivity contribution >= 4 is 22.5 Å². The highest BCUT2D eigenvalue weighted by molar-refractivity contribution is 6.31. The maximum atomic E-state index is 6.08. The van der Waals surface area contributed by atoms with Gasteiger partial charge >= 0.3 is 0 Å². The average Bonchev–Trinajstić information content (AvgIpc) is 2.63. The van der Waals surface area contributed by atoms with E-state index in [1.165, 1.54) is 22.2 Å². The molecule has 0 unspecified atom stereocenters. The Balaban J connectivity index is 2.37. The lowest BCUT2D eigenvalue weighted by Gasteiger charge is -2.05. The van der Waals surface area contributed by atoms with Crippen LogP contribution < -0.4 is 0 Å². The van der Waals surface area contributed by atoms with Gasteiger partial charge in [0.25, 0.3) is 0 Å². The van der Waals surface area contributed by atoms with Crippen molar-refractivity contribution in [1.29, 1.82) is 0 Å². The Labute approximate surface area is 111 Å². The van der Waals surface area contributed by atoms with Crippen molar-refractivity contribution in [2.24, 2.45) is 7.05 Å². The number of pyridine rings is 1. The molecule has 2 nitrogen and oxygen atoms in total. The van der Waals surface area contributed by atoms with Crippen molar-refractivity contribution < 1.29 is 0 Å². The van der Waals surface area contributed by atoms with E-state index in [4.69, 9.17) is 11.6 Å². The molecular weight excluding hydrogens is 244 g/mol. The van der Waals surface area contributed by atoms with E-state index in [1.807, 2.05) is 24.4 Å². The first kappa shape index (κ1) is 11.3. The van der Waals surface area contributed by atoms with Gasteiger partial charge in [-0.15, -0.1) is 0 Å². The lowest BCUT2D eigenvalue weighted by molar-refractivity contribution is 0.972. The minimum absolute atomic E-state index is 0.772. The third-order valence-corrected chi connectivity index (χ3v) is 3.58. The van der Waals surface area contributed by atoms with Gasteiger partial charge in [0.1, 0.15) is 0 Å². The van der Waals surface area contributed by atoms with Crippen LogP contribution in [-0.4, -0.2) is 9.55 Å². The summed E-state index contributed by atoms with van der Waals surface area (Å²) in [7, 11) is 2.07. The van der Waals surface area contributed by atoms with Gasteiger partial charge in [-0.25, -0.2) is 0 Å². The van der Waals surface area contributed by atoms with Crippen LogP contribution in [0.3, 0.4) is 0 Å². The Morgan fingerprint density at radius 2 is 2.06 bits per heavy atom. The fraction of sp³-hybridized carbons (Fsp3) is 0.133. The lowest BCUT2D eigenvalue weighted by Crippen LogP contribution is -1.92. The predicted molar refractivity (Wildman–Crippen MR) is 75.9 cm³/mol. The molecule has 0 saturated carbocycles. The van der Waals surface area contributed by atoms with Gasteiger partial charge in [-0.1, -0.05) is 11.6 Å². The number of benzene rings is 1. The summed E-state index contributed by atoms with van der Waals surface area (Å²) in [5.74, 6) is 0. The van der Waals surface area contributed by atoms with E-state index in [1.54, 1.807) is 6.20 Å². The largest absolute Gasteiger partial charge is 0.343 e. The molecular formula is C15H13ClN2. The fourth-order valence-corrected chi connectivity index (χ4v) is 2.69. The summed E-state index contributed by atoms with van der Waals surface area (Å²) >= 11 is 6.08. The molecule has 0 atom stereocenters. The van der Waals surface area contributed by atoms with Crippen LogP contribution in [0.5, 0.6) is 0 Å². The van der Waals surface area contributed by atoms with E-state index in [0.29, 0.717) is 0 Å². The van der Waals surface area contributed by atoms with Gasteiger partial charge in [-0.2, -0.15) is 0 Å². The molecule has 0 aliphatic carbocycles. The van der Waals surface area contributed by atoms with Gasteiger partial charge in [-0.05, 0) is 42.8 Å². The molecule has 0 N–H and O–H groups in total. The highest BCUT2D eigenvalue weighted by Gasteiger charge is 2.13. The topological polar surface area (TPSA) is 17.8 Å². The van der Waals surface area contributed by atoms with E-state index >= 15 is 0 Å². The van der Waals surface area contributed by atoms with Crippen molar-refractivity contribution in [2.75, 3.05) is 0 Å². The summed E-state index contributed by atoms with van der Waals surface area (Å²) in [6, 6.07) is 10.0. The van der Waals surface area contributed by atoms with Crippen LogP contribution in [0.2, 0.25) is 5.02 Å². The molecule has 2 aromatic heterocycles. The molecule has 2 heterocycles. The summed E-state index contributed by atoms with van der Waals surface area (Å²) in [6.45, 7) is 2.13. The number of rotatable bonds is 1. The molecule has 0 aliphatic rings. The van der Waals surface area contributed by atoms with Crippen molar-refractivity contribution in [3.8, 4) is 11.3 Å². The number of aromatic nitrogens is 2. The fourth-order valence-electron chi connectivity index (χ4n) is 2.51. The van der Waals surface area contributed by atoms with E-state index < -0.39 is 0 Å². The van der Waals surface area contributed by atoms with Crippen molar-refractivity contribution in [1.82, 2.24) is 9.55 Å².